The van der Waals surface area contributed by atoms with Crippen molar-refractivity contribution in [1.82, 2.24) is 0 Å². The zero-order valence-corrected chi connectivity index (χ0v) is 12.4. The molecule has 0 saturated heterocycles. The van der Waals surface area contributed by atoms with Crippen molar-refractivity contribution in [3.8, 4) is 5.75 Å². The van der Waals surface area contributed by atoms with Gasteiger partial charge >= 0.3 is 8.60 Å². The molecule has 4 heteroatoms. The Kier molecular flexibility index (Phi) is 6.07. The van der Waals surface area contributed by atoms with E-state index in [0.717, 1.165) is 18.4 Å². The van der Waals surface area contributed by atoms with Gasteiger partial charge in [0.05, 0.1) is 0 Å². The second-order valence-electron chi connectivity index (χ2n) is 4.76. The van der Waals surface area contributed by atoms with Crippen LogP contribution in [0, 0.1) is 0 Å². The molecule has 0 spiro atoms. The number of rotatable bonds is 6. The van der Waals surface area contributed by atoms with Crippen molar-refractivity contribution < 1.29 is 14.3 Å². The van der Waals surface area contributed by atoms with Gasteiger partial charge in [0, 0.05) is 0 Å². The molecular weight excluding hydrogens is 247 g/mol. The molecule has 0 fully saturated rings. The van der Waals surface area contributed by atoms with Crippen LogP contribution in [0.3, 0.4) is 0 Å². The molecule has 1 aromatic carbocycles. The normalized spacial score (nSPS) is 14.6. The van der Waals surface area contributed by atoms with Gasteiger partial charge in [-0.2, -0.15) is 0 Å². The van der Waals surface area contributed by atoms with Gasteiger partial charge in [-0.3, -0.25) is 0 Å². The molecule has 0 aromatic heterocycles. The molecule has 1 aromatic rings. The molecular formula is C14H23O3P. The Bertz CT molecular complexity index is 379. The summed E-state index contributed by atoms with van der Waals surface area (Å²) in [5.74, 6) is 1.44. The number of hydrogen-bond donors (Lipinski definition) is 2. The smallest absolute Gasteiger partial charge is 0.391 e. The second-order valence-corrected chi connectivity index (χ2v) is 5.45. The minimum Gasteiger partial charge on any atom is -0.427 e. The SMILES string of the molecule is CCC(C)c1ccc(OP(O)O)c(C(C)CC)c1. The molecule has 18 heavy (non-hydrogen) atoms. The Balaban J connectivity index is 3.11. The first kappa shape index (κ1) is 15.4. The summed E-state index contributed by atoms with van der Waals surface area (Å²) in [5, 5.41) is 0. The summed E-state index contributed by atoms with van der Waals surface area (Å²) in [4.78, 5) is 18.0. The van der Waals surface area contributed by atoms with Gasteiger partial charge in [0.25, 0.3) is 0 Å². The predicted molar refractivity (Wildman–Crippen MR) is 75.8 cm³/mol. The highest BCUT2D eigenvalue weighted by Gasteiger charge is 2.15. The largest absolute Gasteiger partial charge is 0.427 e. The van der Waals surface area contributed by atoms with Gasteiger partial charge in [-0.1, -0.05) is 39.8 Å². The maximum Gasteiger partial charge on any atom is 0.391 e. The van der Waals surface area contributed by atoms with Crippen LogP contribution in [-0.4, -0.2) is 9.79 Å². The van der Waals surface area contributed by atoms with E-state index in [9.17, 15) is 0 Å². The lowest BCUT2D eigenvalue weighted by atomic mass is 9.91. The minimum atomic E-state index is -2.35. The summed E-state index contributed by atoms with van der Waals surface area (Å²) in [6.45, 7) is 8.60. The van der Waals surface area contributed by atoms with Crippen molar-refractivity contribution in [3.63, 3.8) is 0 Å². The molecule has 0 aliphatic heterocycles. The van der Waals surface area contributed by atoms with Crippen LogP contribution in [0.25, 0.3) is 0 Å². The third kappa shape index (κ3) is 3.94. The number of benzene rings is 1. The van der Waals surface area contributed by atoms with E-state index in [4.69, 9.17) is 14.3 Å². The van der Waals surface area contributed by atoms with Gasteiger partial charge in [0.2, 0.25) is 0 Å². The van der Waals surface area contributed by atoms with E-state index >= 15 is 0 Å². The molecule has 2 unspecified atom stereocenters. The minimum absolute atomic E-state index is 0.346. The lowest BCUT2D eigenvalue weighted by molar-refractivity contribution is 0.372. The summed E-state index contributed by atoms with van der Waals surface area (Å²) < 4.78 is 5.11. The van der Waals surface area contributed by atoms with Gasteiger partial charge in [0.1, 0.15) is 5.75 Å². The Labute approximate surface area is 111 Å². The molecule has 0 heterocycles. The van der Waals surface area contributed by atoms with E-state index in [1.54, 1.807) is 0 Å². The molecule has 0 amide bonds. The topological polar surface area (TPSA) is 49.7 Å². The highest BCUT2D eigenvalue weighted by atomic mass is 31.2. The summed E-state index contributed by atoms with van der Waals surface area (Å²) in [7, 11) is -2.35. The molecule has 3 nitrogen and oxygen atoms in total. The standard InChI is InChI=1S/C14H23O3P/c1-5-10(3)12-7-8-14(17-18(15)16)13(9-12)11(4)6-2/h7-11,15-16H,5-6H2,1-4H3. The van der Waals surface area contributed by atoms with Crippen LogP contribution in [-0.2, 0) is 0 Å². The molecule has 0 bridgehead atoms. The van der Waals surface area contributed by atoms with Gasteiger partial charge in [-0.05, 0) is 41.9 Å². The van der Waals surface area contributed by atoms with Crippen LogP contribution in [0.15, 0.2) is 18.2 Å². The monoisotopic (exact) mass is 270 g/mol. The van der Waals surface area contributed by atoms with Gasteiger partial charge < -0.3 is 14.3 Å². The third-order valence-corrected chi connectivity index (χ3v) is 3.90. The predicted octanol–water partition coefficient (Wildman–Crippen LogP) is 4.30. The fraction of sp³-hybridized carbons (Fsp3) is 0.571. The number of hydrogen-bond acceptors (Lipinski definition) is 3. The van der Waals surface area contributed by atoms with Crippen molar-refractivity contribution in [2.24, 2.45) is 0 Å². The van der Waals surface area contributed by atoms with Crippen molar-refractivity contribution >= 4 is 8.60 Å². The van der Waals surface area contributed by atoms with Gasteiger partial charge in [-0.25, -0.2) is 0 Å². The Morgan fingerprint density at radius 2 is 1.72 bits per heavy atom. The average Bonchev–Trinajstić information content (AvgIpc) is 2.36. The second kappa shape index (κ2) is 7.08. The summed E-state index contributed by atoms with van der Waals surface area (Å²) in [6.07, 6.45) is 2.09. The first-order valence-corrected chi connectivity index (χ1v) is 7.65. The van der Waals surface area contributed by atoms with Gasteiger partial charge in [0.15, 0.2) is 0 Å². The van der Waals surface area contributed by atoms with Crippen molar-refractivity contribution in [2.75, 3.05) is 0 Å². The Hall–Kier alpha value is -0.630. The van der Waals surface area contributed by atoms with Crippen molar-refractivity contribution in [3.05, 3.63) is 29.3 Å². The molecule has 0 saturated carbocycles. The summed E-state index contributed by atoms with van der Waals surface area (Å²) in [5.41, 5.74) is 2.34. The van der Waals surface area contributed by atoms with Crippen LogP contribution in [0.4, 0.5) is 0 Å². The highest BCUT2D eigenvalue weighted by molar-refractivity contribution is 7.39. The molecule has 0 radical (unpaired) electrons. The zero-order chi connectivity index (χ0) is 13.7. The maximum atomic E-state index is 9.01. The van der Waals surface area contributed by atoms with Crippen LogP contribution in [0.5, 0.6) is 5.75 Å². The quantitative estimate of drug-likeness (QED) is 0.757. The van der Waals surface area contributed by atoms with E-state index in [1.807, 2.05) is 12.1 Å². The van der Waals surface area contributed by atoms with E-state index in [1.165, 1.54) is 5.56 Å². The van der Waals surface area contributed by atoms with Crippen LogP contribution in [0.1, 0.15) is 63.5 Å². The summed E-state index contributed by atoms with van der Waals surface area (Å²) >= 11 is 0. The van der Waals surface area contributed by atoms with Crippen LogP contribution >= 0.6 is 8.60 Å². The third-order valence-electron chi connectivity index (χ3n) is 3.54. The van der Waals surface area contributed by atoms with E-state index in [0.29, 0.717) is 17.6 Å². The fourth-order valence-corrected chi connectivity index (χ4v) is 2.23. The molecule has 102 valence electrons. The Morgan fingerprint density at radius 3 is 2.22 bits per heavy atom. The highest BCUT2D eigenvalue weighted by Crippen LogP contribution is 2.38. The van der Waals surface area contributed by atoms with Crippen molar-refractivity contribution in [2.45, 2.75) is 52.4 Å². The molecule has 1 rings (SSSR count). The molecule has 2 atom stereocenters. The lowest BCUT2D eigenvalue weighted by Gasteiger charge is -2.19. The first-order valence-electron chi connectivity index (χ1n) is 6.49. The van der Waals surface area contributed by atoms with Gasteiger partial charge in [-0.15, -0.1) is 0 Å². The average molecular weight is 270 g/mol. The van der Waals surface area contributed by atoms with Crippen LogP contribution in [0.2, 0.25) is 0 Å². The molecule has 0 aliphatic rings. The van der Waals surface area contributed by atoms with E-state index < -0.39 is 8.60 Å². The first-order chi connectivity index (χ1) is 8.49. The fourth-order valence-electron chi connectivity index (χ4n) is 1.89. The summed E-state index contributed by atoms with van der Waals surface area (Å²) in [6, 6.07) is 6.00. The maximum absolute atomic E-state index is 9.01. The van der Waals surface area contributed by atoms with E-state index in [2.05, 4.69) is 33.8 Å². The Morgan fingerprint density at radius 1 is 1.11 bits per heavy atom. The van der Waals surface area contributed by atoms with E-state index in [-0.39, 0.29) is 0 Å². The molecule has 0 aliphatic carbocycles. The zero-order valence-electron chi connectivity index (χ0n) is 11.6. The lowest BCUT2D eigenvalue weighted by Crippen LogP contribution is -2.00. The van der Waals surface area contributed by atoms with Crippen LogP contribution < -0.4 is 4.52 Å². The molecule has 2 N–H and O–H groups in total. The van der Waals surface area contributed by atoms with Crippen molar-refractivity contribution in [1.29, 1.82) is 0 Å².